The van der Waals surface area contributed by atoms with Crippen molar-refractivity contribution in [1.29, 1.82) is 0 Å². The van der Waals surface area contributed by atoms with Gasteiger partial charge in [-0.05, 0) is 6.42 Å². The Hall–Kier alpha value is 0.984. The zero-order chi connectivity index (χ0) is 8.36. The molecule has 0 rings (SSSR count). The summed E-state index contributed by atoms with van der Waals surface area (Å²) in [7, 11) is 1.65. The Balaban J connectivity index is 0. The normalized spacial score (nSPS) is 9.50. The van der Waals surface area contributed by atoms with Crippen molar-refractivity contribution < 1.29 is 46.9 Å². The van der Waals surface area contributed by atoms with Gasteiger partial charge < -0.3 is 14.2 Å². The summed E-state index contributed by atoms with van der Waals surface area (Å²) in [6.45, 7) is 6.33. The third-order valence-corrected chi connectivity index (χ3v) is 1.06. The van der Waals surface area contributed by atoms with Crippen LogP contribution in [0.2, 0.25) is 0 Å². The average Bonchev–Trinajstić information content (AvgIpc) is 2.03. The Morgan fingerprint density at radius 3 is 2.50 bits per heavy atom. The van der Waals surface area contributed by atoms with Crippen LogP contribution in [0.15, 0.2) is 0 Å². The third-order valence-electron chi connectivity index (χ3n) is 1.06. The van der Waals surface area contributed by atoms with E-state index in [4.69, 9.17) is 14.2 Å². The Kier molecular flexibility index (Phi) is 18.7. The summed E-state index contributed by atoms with van der Waals surface area (Å²) in [6.07, 6.45) is 1.05. The van der Waals surface area contributed by atoms with Crippen molar-refractivity contribution in [2.45, 2.75) is 13.3 Å². The van der Waals surface area contributed by atoms with Gasteiger partial charge in [0.25, 0.3) is 0 Å². The second kappa shape index (κ2) is 14.5. The standard InChI is InChI=1S/C8H17O3.Y/c1-3-4-10-7-8-11-6-5-9-2;/h8H,3-7H2,1-2H3;/q-1;. The first-order chi connectivity index (χ1) is 5.41. The fraction of sp³-hybridized carbons (Fsp3) is 0.875. The van der Waals surface area contributed by atoms with Crippen molar-refractivity contribution in [2.24, 2.45) is 0 Å². The van der Waals surface area contributed by atoms with Gasteiger partial charge in [0, 0.05) is 53.0 Å². The van der Waals surface area contributed by atoms with Crippen LogP contribution < -0.4 is 0 Å². The predicted octanol–water partition coefficient (Wildman–Crippen LogP) is 1.24. The summed E-state index contributed by atoms with van der Waals surface area (Å²) in [4.78, 5) is 0. The molecule has 0 aliphatic rings. The molecule has 0 N–H and O–H groups in total. The summed E-state index contributed by atoms with van der Waals surface area (Å²) in [6, 6.07) is 0. The molecule has 0 aromatic rings. The number of ether oxygens (including phenoxy) is 3. The van der Waals surface area contributed by atoms with Crippen LogP contribution in [0, 0.1) is 6.61 Å². The summed E-state index contributed by atoms with van der Waals surface area (Å²) in [5.41, 5.74) is 0. The molecule has 0 aromatic carbocycles. The molecule has 0 bridgehead atoms. The van der Waals surface area contributed by atoms with Gasteiger partial charge in [0.2, 0.25) is 0 Å². The van der Waals surface area contributed by atoms with Gasteiger partial charge in [-0.2, -0.15) is 6.61 Å². The molecule has 0 aromatic heterocycles. The molecule has 0 aliphatic carbocycles. The summed E-state index contributed by atoms with van der Waals surface area (Å²) in [5, 5.41) is 0. The quantitative estimate of drug-likeness (QED) is 0.479. The Bertz CT molecular complexity index is 63.3. The molecule has 0 heterocycles. The first-order valence-electron chi connectivity index (χ1n) is 3.91. The number of hydrogen-bond donors (Lipinski definition) is 0. The van der Waals surface area contributed by atoms with Gasteiger partial charge in [-0.15, -0.1) is 0 Å². The van der Waals surface area contributed by atoms with Crippen molar-refractivity contribution >= 4 is 0 Å². The van der Waals surface area contributed by atoms with Gasteiger partial charge in [0.1, 0.15) is 0 Å². The van der Waals surface area contributed by atoms with Gasteiger partial charge in [0.15, 0.2) is 0 Å². The molecule has 0 fully saturated rings. The summed E-state index contributed by atoms with van der Waals surface area (Å²) < 4.78 is 15.0. The van der Waals surface area contributed by atoms with E-state index in [1.165, 1.54) is 0 Å². The topological polar surface area (TPSA) is 27.7 Å². The van der Waals surface area contributed by atoms with E-state index in [-0.39, 0.29) is 32.7 Å². The molecule has 0 unspecified atom stereocenters. The second-order valence-electron chi connectivity index (χ2n) is 2.11. The first-order valence-corrected chi connectivity index (χ1v) is 3.91. The van der Waals surface area contributed by atoms with Crippen molar-refractivity contribution in [1.82, 2.24) is 0 Å². The number of hydrogen-bond acceptors (Lipinski definition) is 3. The van der Waals surface area contributed by atoms with Gasteiger partial charge in [0.05, 0.1) is 6.61 Å². The van der Waals surface area contributed by atoms with E-state index in [0.29, 0.717) is 19.8 Å². The molecular weight excluding hydrogens is 233 g/mol. The average molecular weight is 250 g/mol. The molecule has 4 heteroatoms. The molecule has 0 saturated carbocycles. The van der Waals surface area contributed by atoms with E-state index in [1.807, 2.05) is 0 Å². The van der Waals surface area contributed by atoms with Crippen molar-refractivity contribution in [3.63, 3.8) is 0 Å². The van der Waals surface area contributed by atoms with Crippen LogP contribution in [0.3, 0.4) is 0 Å². The van der Waals surface area contributed by atoms with E-state index in [0.717, 1.165) is 13.0 Å². The molecule has 71 valence electrons. The van der Waals surface area contributed by atoms with Gasteiger partial charge in [-0.3, -0.25) is 0 Å². The molecule has 1 radical (unpaired) electrons. The molecule has 0 aliphatic heterocycles. The van der Waals surface area contributed by atoms with E-state index < -0.39 is 0 Å². The largest absolute Gasteiger partial charge is 0.548 e. The van der Waals surface area contributed by atoms with Crippen LogP contribution in [-0.4, -0.2) is 33.5 Å². The molecule has 3 nitrogen and oxygen atoms in total. The van der Waals surface area contributed by atoms with E-state index >= 15 is 0 Å². The van der Waals surface area contributed by atoms with Gasteiger partial charge in [-0.25, -0.2) is 0 Å². The SMILES string of the molecule is CCCOC[CH-]OCCOC.[Y]. The molecular formula is C8H17O3Y-. The van der Waals surface area contributed by atoms with Gasteiger partial charge in [-0.1, -0.05) is 13.5 Å². The van der Waals surface area contributed by atoms with Crippen LogP contribution in [-0.2, 0) is 46.9 Å². The summed E-state index contributed by atoms with van der Waals surface area (Å²) in [5.74, 6) is 0. The zero-order valence-corrected chi connectivity index (χ0v) is 10.8. The van der Waals surface area contributed by atoms with Crippen molar-refractivity contribution in [2.75, 3.05) is 33.5 Å². The van der Waals surface area contributed by atoms with Crippen LogP contribution in [0.1, 0.15) is 13.3 Å². The fourth-order valence-corrected chi connectivity index (χ4v) is 0.539. The molecule has 0 amide bonds. The molecule has 0 saturated heterocycles. The first kappa shape index (κ1) is 15.5. The fourth-order valence-electron chi connectivity index (χ4n) is 0.539. The minimum absolute atomic E-state index is 0. The van der Waals surface area contributed by atoms with Crippen LogP contribution in [0.25, 0.3) is 0 Å². The maximum Gasteiger partial charge on any atom is 0.0666 e. The van der Waals surface area contributed by atoms with Crippen molar-refractivity contribution in [3.8, 4) is 0 Å². The minimum atomic E-state index is 0. The maximum absolute atomic E-state index is 5.14. The molecule has 0 atom stereocenters. The van der Waals surface area contributed by atoms with Crippen LogP contribution >= 0.6 is 0 Å². The maximum atomic E-state index is 5.14. The Morgan fingerprint density at radius 1 is 1.17 bits per heavy atom. The number of methoxy groups -OCH3 is 1. The number of rotatable bonds is 8. The smallest absolute Gasteiger partial charge is 0.0666 e. The Labute approximate surface area is 100 Å². The van der Waals surface area contributed by atoms with E-state index in [9.17, 15) is 0 Å². The minimum Gasteiger partial charge on any atom is -0.548 e. The summed E-state index contributed by atoms with van der Waals surface area (Å²) >= 11 is 0. The van der Waals surface area contributed by atoms with Gasteiger partial charge >= 0.3 is 0 Å². The second-order valence-corrected chi connectivity index (χ2v) is 2.11. The zero-order valence-electron chi connectivity index (χ0n) is 7.91. The van der Waals surface area contributed by atoms with Crippen molar-refractivity contribution in [3.05, 3.63) is 6.61 Å². The molecule has 12 heavy (non-hydrogen) atoms. The van der Waals surface area contributed by atoms with E-state index in [2.05, 4.69) is 6.92 Å². The predicted molar refractivity (Wildman–Crippen MR) is 43.2 cm³/mol. The Morgan fingerprint density at radius 2 is 1.92 bits per heavy atom. The molecule has 0 spiro atoms. The monoisotopic (exact) mass is 250 g/mol. The van der Waals surface area contributed by atoms with Crippen LogP contribution in [0.4, 0.5) is 0 Å². The van der Waals surface area contributed by atoms with Crippen LogP contribution in [0.5, 0.6) is 0 Å². The third kappa shape index (κ3) is 13.6. The van der Waals surface area contributed by atoms with E-state index in [1.54, 1.807) is 13.7 Å².